The molecule has 3 nitrogen and oxygen atoms in total. The second-order valence-corrected chi connectivity index (χ2v) is 5.58. The van der Waals surface area contributed by atoms with Gasteiger partial charge in [-0.25, -0.2) is 0 Å². The molecule has 0 aromatic rings. The zero-order chi connectivity index (χ0) is 12.7. The number of rotatable bonds is 6. The van der Waals surface area contributed by atoms with Gasteiger partial charge in [0.15, 0.2) is 0 Å². The summed E-state index contributed by atoms with van der Waals surface area (Å²) in [4.78, 5) is 11.7. The molecule has 17 heavy (non-hydrogen) atoms. The van der Waals surface area contributed by atoms with Crippen LogP contribution in [0, 0.1) is 5.92 Å². The molecule has 1 aliphatic rings. The van der Waals surface area contributed by atoms with Crippen molar-refractivity contribution in [1.82, 2.24) is 5.32 Å². The van der Waals surface area contributed by atoms with Crippen LogP contribution in [0.1, 0.15) is 65.2 Å². The number of hydrogen-bond donors (Lipinski definition) is 2. The first-order chi connectivity index (χ1) is 8.11. The Morgan fingerprint density at radius 1 is 1.35 bits per heavy atom. The largest absolute Gasteiger partial charge is 0.354 e. The van der Waals surface area contributed by atoms with Gasteiger partial charge in [0, 0.05) is 18.5 Å². The van der Waals surface area contributed by atoms with E-state index in [1.807, 2.05) is 0 Å². The minimum absolute atomic E-state index is 0.223. The summed E-state index contributed by atoms with van der Waals surface area (Å²) in [7, 11) is 0. The van der Waals surface area contributed by atoms with Crippen molar-refractivity contribution in [3.05, 3.63) is 0 Å². The van der Waals surface area contributed by atoms with Gasteiger partial charge in [-0.1, -0.05) is 13.3 Å². The molecule has 1 saturated carbocycles. The van der Waals surface area contributed by atoms with Gasteiger partial charge in [-0.15, -0.1) is 0 Å². The van der Waals surface area contributed by atoms with Crippen molar-refractivity contribution < 1.29 is 4.79 Å². The van der Waals surface area contributed by atoms with Gasteiger partial charge >= 0.3 is 0 Å². The van der Waals surface area contributed by atoms with Crippen molar-refractivity contribution in [1.29, 1.82) is 0 Å². The number of nitrogens with one attached hydrogen (secondary N) is 1. The maximum atomic E-state index is 11.7. The van der Waals surface area contributed by atoms with Gasteiger partial charge in [0.25, 0.3) is 0 Å². The van der Waals surface area contributed by atoms with Crippen LogP contribution in [0.5, 0.6) is 0 Å². The van der Waals surface area contributed by atoms with Crippen molar-refractivity contribution in [2.24, 2.45) is 11.7 Å². The molecule has 0 saturated heterocycles. The zero-order valence-corrected chi connectivity index (χ0v) is 11.4. The summed E-state index contributed by atoms with van der Waals surface area (Å²) in [5.41, 5.74) is 5.87. The molecular formula is C14H28N2O. The minimum atomic E-state index is 0.223. The number of carbonyl (C=O) groups is 1. The van der Waals surface area contributed by atoms with E-state index in [1.54, 1.807) is 0 Å². The molecule has 0 aromatic carbocycles. The fourth-order valence-corrected chi connectivity index (χ4v) is 2.66. The van der Waals surface area contributed by atoms with E-state index in [1.165, 1.54) is 12.8 Å². The van der Waals surface area contributed by atoms with Crippen LogP contribution in [0.3, 0.4) is 0 Å². The second-order valence-electron chi connectivity index (χ2n) is 5.58. The minimum Gasteiger partial charge on any atom is -0.354 e. The van der Waals surface area contributed by atoms with Crippen LogP contribution in [0.15, 0.2) is 0 Å². The Balaban J connectivity index is 2.11. The van der Waals surface area contributed by atoms with Crippen molar-refractivity contribution in [2.75, 3.05) is 0 Å². The molecular weight excluding hydrogens is 212 g/mol. The molecule has 1 unspecified atom stereocenters. The van der Waals surface area contributed by atoms with Crippen LogP contribution in [0.4, 0.5) is 0 Å². The quantitative estimate of drug-likeness (QED) is 0.750. The molecule has 1 atom stereocenters. The predicted molar refractivity (Wildman–Crippen MR) is 71.7 cm³/mol. The Labute approximate surface area is 106 Å². The molecule has 3 N–H and O–H groups in total. The third kappa shape index (κ3) is 6.06. The molecule has 0 aromatic heterocycles. The van der Waals surface area contributed by atoms with E-state index in [9.17, 15) is 4.79 Å². The average Bonchev–Trinajstić information content (AvgIpc) is 2.28. The lowest BCUT2D eigenvalue weighted by molar-refractivity contribution is -0.122. The molecule has 1 fully saturated rings. The van der Waals surface area contributed by atoms with Crippen LogP contribution < -0.4 is 11.1 Å². The third-order valence-corrected chi connectivity index (χ3v) is 3.80. The van der Waals surface area contributed by atoms with Gasteiger partial charge in [-0.3, -0.25) is 4.79 Å². The van der Waals surface area contributed by atoms with Crippen LogP contribution in [0.2, 0.25) is 0 Å². The van der Waals surface area contributed by atoms with Gasteiger partial charge in [0.2, 0.25) is 5.91 Å². The average molecular weight is 240 g/mol. The van der Waals surface area contributed by atoms with E-state index in [0.717, 1.165) is 38.0 Å². The Hall–Kier alpha value is -0.570. The van der Waals surface area contributed by atoms with Gasteiger partial charge < -0.3 is 11.1 Å². The molecule has 0 spiro atoms. The molecule has 1 rings (SSSR count). The van der Waals surface area contributed by atoms with Gasteiger partial charge in [-0.2, -0.15) is 0 Å². The van der Waals surface area contributed by atoms with Gasteiger partial charge in [0.1, 0.15) is 0 Å². The Bertz CT molecular complexity index is 222. The number of hydrogen-bond acceptors (Lipinski definition) is 2. The van der Waals surface area contributed by atoms with Crippen molar-refractivity contribution in [3.8, 4) is 0 Å². The zero-order valence-electron chi connectivity index (χ0n) is 11.4. The third-order valence-electron chi connectivity index (χ3n) is 3.80. The predicted octanol–water partition coefficient (Wildman–Crippen LogP) is 2.59. The fraction of sp³-hybridized carbons (Fsp3) is 0.929. The molecule has 100 valence electrons. The number of carbonyl (C=O) groups excluding carboxylic acids is 1. The lowest BCUT2D eigenvalue weighted by Gasteiger charge is -2.25. The molecule has 3 heteroatoms. The van der Waals surface area contributed by atoms with Crippen LogP contribution >= 0.6 is 0 Å². The van der Waals surface area contributed by atoms with E-state index in [0.29, 0.717) is 18.5 Å². The molecule has 0 bridgehead atoms. The first kappa shape index (κ1) is 14.5. The topological polar surface area (TPSA) is 55.1 Å². The molecule has 0 radical (unpaired) electrons. The summed E-state index contributed by atoms with van der Waals surface area (Å²) in [5.74, 6) is 0.947. The molecule has 1 amide bonds. The van der Waals surface area contributed by atoms with Crippen molar-refractivity contribution in [3.63, 3.8) is 0 Å². The van der Waals surface area contributed by atoms with Crippen LogP contribution in [0.25, 0.3) is 0 Å². The first-order valence-electron chi connectivity index (χ1n) is 7.16. The van der Waals surface area contributed by atoms with Crippen molar-refractivity contribution in [2.45, 2.75) is 77.3 Å². The van der Waals surface area contributed by atoms with Gasteiger partial charge in [0.05, 0.1) is 0 Å². The summed E-state index contributed by atoms with van der Waals surface area (Å²) in [6, 6.07) is 0.733. The maximum Gasteiger partial charge on any atom is 0.220 e. The monoisotopic (exact) mass is 240 g/mol. The smallest absolute Gasteiger partial charge is 0.220 e. The van der Waals surface area contributed by atoms with E-state index in [-0.39, 0.29) is 5.91 Å². The van der Waals surface area contributed by atoms with E-state index in [4.69, 9.17) is 5.73 Å². The Morgan fingerprint density at radius 3 is 2.59 bits per heavy atom. The lowest BCUT2D eigenvalue weighted by Crippen LogP contribution is -2.33. The summed E-state index contributed by atoms with van der Waals surface area (Å²) < 4.78 is 0. The normalized spacial score (nSPS) is 26.5. The van der Waals surface area contributed by atoms with Crippen LogP contribution in [-0.2, 0) is 4.79 Å². The highest BCUT2D eigenvalue weighted by molar-refractivity contribution is 5.76. The second kappa shape index (κ2) is 7.70. The summed E-state index contributed by atoms with van der Waals surface area (Å²) >= 11 is 0. The lowest BCUT2D eigenvalue weighted by atomic mass is 9.84. The molecule has 0 heterocycles. The number of amides is 1. The maximum absolute atomic E-state index is 11.7. The van der Waals surface area contributed by atoms with E-state index < -0.39 is 0 Å². The first-order valence-corrected chi connectivity index (χ1v) is 7.16. The highest BCUT2D eigenvalue weighted by atomic mass is 16.1. The van der Waals surface area contributed by atoms with E-state index >= 15 is 0 Å². The highest BCUT2D eigenvalue weighted by Gasteiger charge is 2.19. The SMILES string of the molecule is CCCC(C)NC(=O)CCC1CCC(N)CC1. The van der Waals surface area contributed by atoms with Gasteiger partial charge in [-0.05, 0) is 51.4 Å². The Kier molecular flexibility index (Phi) is 6.56. The number of nitrogens with two attached hydrogens (primary N) is 1. The van der Waals surface area contributed by atoms with Crippen LogP contribution in [-0.4, -0.2) is 18.0 Å². The summed E-state index contributed by atoms with van der Waals surface area (Å²) in [6.07, 6.45) is 8.62. The molecule has 1 aliphatic carbocycles. The summed E-state index contributed by atoms with van der Waals surface area (Å²) in [6.45, 7) is 4.23. The standard InChI is InChI=1S/C14H28N2O/c1-3-4-11(2)16-14(17)10-7-12-5-8-13(15)9-6-12/h11-13H,3-10,15H2,1-2H3,(H,16,17). The summed E-state index contributed by atoms with van der Waals surface area (Å²) in [5, 5.41) is 3.07. The Morgan fingerprint density at radius 2 is 2.00 bits per heavy atom. The fourth-order valence-electron chi connectivity index (χ4n) is 2.66. The van der Waals surface area contributed by atoms with E-state index in [2.05, 4.69) is 19.2 Å². The van der Waals surface area contributed by atoms with Crippen molar-refractivity contribution >= 4 is 5.91 Å². The molecule has 0 aliphatic heterocycles. The highest BCUT2D eigenvalue weighted by Crippen LogP contribution is 2.26.